The minimum Gasteiger partial charge on any atom is -0.311 e. The Kier molecular flexibility index (Phi) is 5.04. The molecule has 0 atom stereocenters. The van der Waals surface area contributed by atoms with Crippen LogP contribution < -0.4 is 5.32 Å². The Labute approximate surface area is 128 Å². The van der Waals surface area contributed by atoms with Gasteiger partial charge >= 0.3 is 0 Å². The molecule has 4 nitrogen and oxygen atoms in total. The zero-order valence-corrected chi connectivity index (χ0v) is 13.8. The van der Waals surface area contributed by atoms with Gasteiger partial charge < -0.3 is 5.32 Å². The van der Waals surface area contributed by atoms with Crippen LogP contribution in [0.15, 0.2) is 24.3 Å². The van der Waals surface area contributed by atoms with E-state index in [1.807, 2.05) is 24.3 Å². The maximum absolute atomic E-state index is 11.6. The van der Waals surface area contributed by atoms with Gasteiger partial charge in [-0.2, -0.15) is 0 Å². The first kappa shape index (κ1) is 15.7. The molecule has 2 aromatic rings. The zero-order chi connectivity index (χ0) is 14.8. The highest BCUT2D eigenvalue weighted by Gasteiger charge is 2.13. The summed E-state index contributed by atoms with van der Waals surface area (Å²) >= 11 is 7.95. The number of nitrogens with one attached hydrogen (secondary N) is 1. The summed E-state index contributed by atoms with van der Waals surface area (Å²) in [5.74, 6) is 0.0858. The van der Waals surface area contributed by atoms with Crippen molar-refractivity contribution in [2.45, 2.75) is 6.54 Å². The molecule has 0 saturated carbocycles. The summed E-state index contributed by atoms with van der Waals surface area (Å²) < 4.78 is 25.6. The molecular formula is C13H17ClN2O2S2. The minimum atomic E-state index is -3.15. The fraction of sp³-hybridized carbons (Fsp3) is 0.385. The van der Waals surface area contributed by atoms with E-state index in [2.05, 4.69) is 5.32 Å². The third kappa shape index (κ3) is 3.51. The highest BCUT2D eigenvalue weighted by molar-refractivity contribution is 7.89. The second kappa shape index (κ2) is 6.41. The number of fused-ring (bicyclic) bond motifs is 1. The highest BCUT2D eigenvalue weighted by Crippen LogP contribution is 2.34. The molecule has 0 radical (unpaired) electrons. The number of benzene rings is 1. The quantitative estimate of drug-likeness (QED) is 0.827. The predicted octanol–water partition coefficient (Wildman–Crippen LogP) is 2.54. The second-order valence-corrected chi connectivity index (χ2v) is 8.43. The average Bonchev–Trinajstić information content (AvgIpc) is 2.72. The molecule has 0 unspecified atom stereocenters. The first-order valence-corrected chi connectivity index (χ1v) is 8.99. The summed E-state index contributed by atoms with van der Waals surface area (Å²) in [5, 5.41) is 4.95. The van der Waals surface area contributed by atoms with Gasteiger partial charge in [-0.25, -0.2) is 12.7 Å². The molecule has 1 N–H and O–H groups in total. The third-order valence-corrected chi connectivity index (χ3v) is 6.53. The van der Waals surface area contributed by atoms with Crippen LogP contribution >= 0.6 is 22.9 Å². The van der Waals surface area contributed by atoms with Crippen molar-refractivity contribution in [3.8, 4) is 0 Å². The van der Waals surface area contributed by atoms with Gasteiger partial charge in [0.1, 0.15) is 0 Å². The third-order valence-electron chi connectivity index (χ3n) is 2.98. The lowest BCUT2D eigenvalue weighted by atomic mass is 10.2. The fourth-order valence-corrected chi connectivity index (χ4v) is 4.00. The van der Waals surface area contributed by atoms with Gasteiger partial charge in [-0.15, -0.1) is 11.3 Å². The molecule has 110 valence electrons. The molecule has 0 aliphatic heterocycles. The summed E-state index contributed by atoms with van der Waals surface area (Å²) in [6, 6.07) is 7.97. The Hall–Kier alpha value is -0.660. The number of halogens is 1. The minimum absolute atomic E-state index is 0.0858. The molecule has 1 aromatic heterocycles. The van der Waals surface area contributed by atoms with Crippen LogP contribution in [-0.2, 0) is 16.6 Å². The summed E-state index contributed by atoms with van der Waals surface area (Å²) in [6.07, 6.45) is 0. The molecule has 1 heterocycles. The van der Waals surface area contributed by atoms with Crippen molar-refractivity contribution in [2.75, 3.05) is 26.4 Å². The number of thiophene rings is 1. The van der Waals surface area contributed by atoms with Crippen LogP contribution in [0.3, 0.4) is 0 Å². The van der Waals surface area contributed by atoms with Crippen LogP contribution in [0.5, 0.6) is 0 Å². The average molecular weight is 333 g/mol. The van der Waals surface area contributed by atoms with Crippen molar-refractivity contribution >= 4 is 43.0 Å². The van der Waals surface area contributed by atoms with E-state index in [-0.39, 0.29) is 5.75 Å². The van der Waals surface area contributed by atoms with E-state index in [4.69, 9.17) is 11.6 Å². The number of rotatable bonds is 6. The molecule has 0 aliphatic rings. The Morgan fingerprint density at radius 2 is 2.00 bits per heavy atom. The largest absolute Gasteiger partial charge is 0.311 e. The van der Waals surface area contributed by atoms with E-state index in [1.165, 1.54) is 18.4 Å². The lowest BCUT2D eigenvalue weighted by Crippen LogP contribution is -2.30. The number of hydrogen-bond acceptors (Lipinski definition) is 4. The van der Waals surface area contributed by atoms with Gasteiger partial charge in [0.05, 0.1) is 10.8 Å². The SMILES string of the molecule is CN(C)S(=O)(=O)CCNCc1sc2ccccc2c1Cl. The molecule has 0 bridgehead atoms. The van der Waals surface area contributed by atoms with Gasteiger partial charge in [-0.3, -0.25) is 0 Å². The van der Waals surface area contributed by atoms with E-state index in [0.29, 0.717) is 13.1 Å². The van der Waals surface area contributed by atoms with Gasteiger partial charge in [0.15, 0.2) is 0 Å². The van der Waals surface area contributed by atoms with Gasteiger partial charge in [-0.05, 0) is 6.07 Å². The van der Waals surface area contributed by atoms with Crippen LogP contribution in [0.1, 0.15) is 4.88 Å². The van der Waals surface area contributed by atoms with Crippen molar-refractivity contribution in [1.82, 2.24) is 9.62 Å². The highest BCUT2D eigenvalue weighted by atomic mass is 35.5. The second-order valence-electron chi connectivity index (χ2n) is 4.61. The molecule has 0 spiro atoms. The first-order valence-electron chi connectivity index (χ1n) is 6.18. The van der Waals surface area contributed by atoms with Crippen LogP contribution in [0.25, 0.3) is 10.1 Å². The zero-order valence-electron chi connectivity index (χ0n) is 11.4. The first-order chi connectivity index (χ1) is 9.42. The van der Waals surface area contributed by atoms with Crippen LogP contribution in [-0.4, -0.2) is 39.1 Å². The Morgan fingerprint density at radius 1 is 1.30 bits per heavy atom. The van der Waals surface area contributed by atoms with E-state index in [9.17, 15) is 8.42 Å². The van der Waals surface area contributed by atoms with E-state index in [1.54, 1.807) is 11.3 Å². The van der Waals surface area contributed by atoms with Crippen LogP contribution in [0.4, 0.5) is 0 Å². The van der Waals surface area contributed by atoms with Crippen molar-refractivity contribution in [3.05, 3.63) is 34.2 Å². The van der Waals surface area contributed by atoms with Crippen molar-refractivity contribution < 1.29 is 8.42 Å². The fourth-order valence-electron chi connectivity index (χ4n) is 1.76. The monoisotopic (exact) mass is 332 g/mol. The van der Waals surface area contributed by atoms with Gasteiger partial charge in [0.2, 0.25) is 10.0 Å². The van der Waals surface area contributed by atoms with E-state index in [0.717, 1.165) is 20.0 Å². The summed E-state index contributed by atoms with van der Waals surface area (Å²) in [4.78, 5) is 1.04. The number of nitrogens with zero attached hydrogens (tertiary/aromatic N) is 1. The molecule has 0 saturated heterocycles. The maximum Gasteiger partial charge on any atom is 0.214 e. The van der Waals surface area contributed by atoms with Crippen LogP contribution in [0, 0.1) is 0 Å². The van der Waals surface area contributed by atoms with Gasteiger partial charge in [0.25, 0.3) is 0 Å². The lowest BCUT2D eigenvalue weighted by Gasteiger charge is -2.11. The molecule has 0 aliphatic carbocycles. The number of sulfonamides is 1. The molecule has 1 aromatic carbocycles. The van der Waals surface area contributed by atoms with Gasteiger partial charge in [0, 0.05) is 42.1 Å². The predicted molar refractivity (Wildman–Crippen MR) is 86.0 cm³/mol. The molecule has 7 heteroatoms. The van der Waals surface area contributed by atoms with Gasteiger partial charge in [-0.1, -0.05) is 29.8 Å². The summed E-state index contributed by atoms with van der Waals surface area (Å²) in [6.45, 7) is 0.992. The van der Waals surface area contributed by atoms with Crippen molar-refractivity contribution in [2.24, 2.45) is 0 Å². The van der Waals surface area contributed by atoms with Crippen molar-refractivity contribution in [1.29, 1.82) is 0 Å². The van der Waals surface area contributed by atoms with Crippen molar-refractivity contribution in [3.63, 3.8) is 0 Å². The Morgan fingerprint density at radius 3 is 2.65 bits per heavy atom. The molecule has 2 rings (SSSR count). The molecule has 0 amide bonds. The molecule has 0 fully saturated rings. The van der Waals surface area contributed by atoms with E-state index < -0.39 is 10.0 Å². The topological polar surface area (TPSA) is 49.4 Å². The van der Waals surface area contributed by atoms with Crippen LogP contribution in [0.2, 0.25) is 5.02 Å². The standard InChI is InChI=1S/C13H17ClN2O2S2/c1-16(2)20(17,18)8-7-15-9-12-13(14)10-5-3-4-6-11(10)19-12/h3-6,15H,7-9H2,1-2H3. The smallest absolute Gasteiger partial charge is 0.214 e. The normalized spacial score (nSPS) is 12.4. The Balaban J connectivity index is 1.95. The number of hydrogen-bond donors (Lipinski definition) is 1. The van der Waals surface area contributed by atoms with E-state index >= 15 is 0 Å². The molecule has 20 heavy (non-hydrogen) atoms. The summed E-state index contributed by atoms with van der Waals surface area (Å²) in [7, 11) is -0.0664. The summed E-state index contributed by atoms with van der Waals surface area (Å²) in [5.41, 5.74) is 0. The maximum atomic E-state index is 11.6. The lowest BCUT2D eigenvalue weighted by molar-refractivity contribution is 0.517. The molecular weight excluding hydrogens is 316 g/mol. The Bertz CT molecular complexity index is 695.